The molecule has 3 heterocycles. The Morgan fingerprint density at radius 2 is 2.00 bits per heavy atom. The summed E-state index contributed by atoms with van der Waals surface area (Å²) in [7, 11) is 0. The van der Waals surface area contributed by atoms with E-state index in [0.29, 0.717) is 6.10 Å². The van der Waals surface area contributed by atoms with Crippen molar-refractivity contribution in [3.63, 3.8) is 0 Å². The van der Waals surface area contributed by atoms with Crippen molar-refractivity contribution < 1.29 is 9.47 Å². The van der Waals surface area contributed by atoms with Gasteiger partial charge in [-0.1, -0.05) is 0 Å². The molecule has 3 rings (SSSR count). The van der Waals surface area contributed by atoms with Crippen LogP contribution < -0.4 is 5.32 Å². The van der Waals surface area contributed by atoms with Gasteiger partial charge in [0.15, 0.2) is 0 Å². The van der Waals surface area contributed by atoms with Crippen molar-refractivity contribution in [1.82, 2.24) is 10.2 Å². The first-order chi connectivity index (χ1) is 9.36. The first-order valence-corrected chi connectivity index (χ1v) is 8.05. The van der Waals surface area contributed by atoms with Crippen LogP contribution in [0.2, 0.25) is 0 Å². The Balaban J connectivity index is 1.31. The van der Waals surface area contributed by atoms with Crippen LogP contribution >= 0.6 is 0 Å². The summed E-state index contributed by atoms with van der Waals surface area (Å²) >= 11 is 0. The minimum absolute atomic E-state index is 0.144. The fraction of sp³-hybridized carbons (Fsp3) is 1.00. The lowest BCUT2D eigenvalue weighted by Crippen LogP contribution is -2.41. The van der Waals surface area contributed by atoms with Crippen molar-refractivity contribution in [2.24, 2.45) is 0 Å². The van der Waals surface area contributed by atoms with E-state index in [1.165, 1.54) is 38.9 Å². The van der Waals surface area contributed by atoms with Crippen LogP contribution in [0.3, 0.4) is 0 Å². The van der Waals surface area contributed by atoms with E-state index < -0.39 is 0 Å². The number of ether oxygens (including phenoxy) is 2. The van der Waals surface area contributed by atoms with E-state index >= 15 is 0 Å². The van der Waals surface area contributed by atoms with Crippen LogP contribution in [-0.2, 0) is 9.47 Å². The molecule has 0 radical (unpaired) electrons. The minimum Gasteiger partial charge on any atom is -0.376 e. The molecule has 3 aliphatic rings. The highest BCUT2D eigenvalue weighted by atomic mass is 16.6. The summed E-state index contributed by atoms with van der Waals surface area (Å²) < 4.78 is 12.1. The van der Waals surface area contributed by atoms with Gasteiger partial charge < -0.3 is 19.7 Å². The molecule has 0 saturated carbocycles. The maximum absolute atomic E-state index is 6.05. The highest BCUT2D eigenvalue weighted by Gasteiger charge is 2.41. The largest absolute Gasteiger partial charge is 0.376 e. The van der Waals surface area contributed by atoms with Crippen LogP contribution in [0, 0.1) is 0 Å². The SMILES string of the molecule is C1CCN(CCCOC2COC3(CCNCC3)C2)C1. The van der Waals surface area contributed by atoms with Crippen LogP contribution in [0.5, 0.6) is 0 Å². The van der Waals surface area contributed by atoms with E-state index in [9.17, 15) is 0 Å². The van der Waals surface area contributed by atoms with E-state index in [1.54, 1.807) is 0 Å². The van der Waals surface area contributed by atoms with Crippen molar-refractivity contribution in [2.45, 2.75) is 50.2 Å². The third-order valence-corrected chi connectivity index (χ3v) is 4.86. The van der Waals surface area contributed by atoms with Crippen molar-refractivity contribution in [2.75, 3.05) is 45.9 Å². The number of likely N-dealkylation sites (tertiary alicyclic amines) is 1. The van der Waals surface area contributed by atoms with E-state index in [2.05, 4.69) is 10.2 Å². The predicted molar refractivity (Wildman–Crippen MR) is 75.4 cm³/mol. The van der Waals surface area contributed by atoms with Crippen LogP contribution in [-0.4, -0.2) is 62.5 Å². The molecular formula is C15H28N2O2. The first-order valence-electron chi connectivity index (χ1n) is 8.05. The number of nitrogens with one attached hydrogen (secondary N) is 1. The highest BCUT2D eigenvalue weighted by Crippen LogP contribution is 2.35. The molecule has 1 N–H and O–H groups in total. The molecule has 19 heavy (non-hydrogen) atoms. The lowest BCUT2D eigenvalue weighted by atomic mass is 9.89. The summed E-state index contributed by atoms with van der Waals surface area (Å²) in [5, 5.41) is 3.41. The van der Waals surface area contributed by atoms with Crippen molar-refractivity contribution in [3.8, 4) is 0 Å². The fourth-order valence-corrected chi connectivity index (χ4v) is 3.68. The quantitative estimate of drug-likeness (QED) is 0.764. The molecule has 0 amide bonds. The summed E-state index contributed by atoms with van der Waals surface area (Å²) in [6.07, 6.45) is 7.70. The number of hydrogen-bond acceptors (Lipinski definition) is 4. The van der Waals surface area contributed by atoms with Gasteiger partial charge in [0.2, 0.25) is 0 Å². The van der Waals surface area contributed by atoms with Gasteiger partial charge in [-0.05, 0) is 58.3 Å². The second-order valence-corrected chi connectivity index (χ2v) is 6.34. The zero-order chi connectivity index (χ0) is 13.0. The van der Waals surface area contributed by atoms with Crippen molar-refractivity contribution >= 4 is 0 Å². The third-order valence-electron chi connectivity index (χ3n) is 4.86. The summed E-state index contributed by atoms with van der Waals surface area (Å²) in [6.45, 7) is 7.71. The van der Waals surface area contributed by atoms with E-state index in [4.69, 9.17) is 9.47 Å². The Labute approximate surface area is 116 Å². The van der Waals surface area contributed by atoms with Gasteiger partial charge in [0.25, 0.3) is 0 Å². The predicted octanol–water partition coefficient (Wildman–Crippen LogP) is 1.40. The molecule has 0 aromatic heterocycles. The molecule has 3 saturated heterocycles. The number of hydrogen-bond donors (Lipinski definition) is 1. The monoisotopic (exact) mass is 268 g/mol. The van der Waals surface area contributed by atoms with Gasteiger partial charge in [-0.15, -0.1) is 0 Å². The molecule has 0 aromatic rings. The van der Waals surface area contributed by atoms with Crippen molar-refractivity contribution in [1.29, 1.82) is 0 Å². The zero-order valence-electron chi connectivity index (χ0n) is 12.0. The smallest absolute Gasteiger partial charge is 0.0836 e. The average Bonchev–Trinajstić information content (AvgIpc) is 3.07. The normalized spacial score (nSPS) is 31.3. The van der Waals surface area contributed by atoms with Crippen LogP contribution in [0.25, 0.3) is 0 Å². The van der Waals surface area contributed by atoms with Gasteiger partial charge in [0.05, 0.1) is 18.3 Å². The number of piperidine rings is 1. The Morgan fingerprint density at radius 3 is 2.79 bits per heavy atom. The van der Waals surface area contributed by atoms with E-state index in [1.807, 2.05) is 0 Å². The van der Waals surface area contributed by atoms with Gasteiger partial charge in [0, 0.05) is 19.6 Å². The van der Waals surface area contributed by atoms with Crippen molar-refractivity contribution in [3.05, 3.63) is 0 Å². The average molecular weight is 268 g/mol. The molecule has 4 heteroatoms. The maximum Gasteiger partial charge on any atom is 0.0836 e. The lowest BCUT2D eigenvalue weighted by Gasteiger charge is -2.32. The van der Waals surface area contributed by atoms with E-state index in [0.717, 1.165) is 45.6 Å². The Bertz CT molecular complexity index is 273. The Morgan fingerprint density at radius 1 is 1.21 bits per heavy atom. The molecule has 0 bridgehead atoms. The molecular weight excluding hydrogens is 240 g/mol. The second kappa shape index (κ2) is 6.53. The molecule has 4 nitrogen and oxygen atoms in total. The second-order valence-electron chi connectivity index (χ2n) is 6.34. The molecule has 1 spiro atoms. The number of rotatable bonds is 5. The summed E-state index contributed by atoms with van der Waals surface area (Å²) in [5.41, 5.74) is 0.144. The minimum atomic E-state index is 0.144. The molecule has 0 aromatic carbocycles. The summed E-state index contributed by atoms with van der Waals surface area (Å²) in [4.78, 5) is 2.56. The molecule has 1 unspecified atom stereocenters. The molecule has 1 atom stereocenters. The van der Waals surface area contributed by atoms with Crippen LogP contribution in [0.15, 0.2) is 0 Å². The first kappa shape index (κ1) is 13.8. The van der Waals surface area contributed by atoms with Crippen LogP contribution in [0.4, 0.5) is 0 Å². The van der Waals surface area contributed by atoms with Gasteiger partial charge >= 0.3 is 0 Å². The van der Waals surface area contributed by atoms with Gasteiger partial charge in [-0.2, -0.15) is 0 Å². The topological polar surface area (TPSA) is 33.7 Å². The van der Waals surface area contributed by atoms with Gasteiger partial charge in [-0.25, -0.2) is 0 Å². The Kier molecular flexibility index (Phi) is 4.74. The maximum atomic E-state index is 6.05. The fourth-order valence-electron chi connectivity index (χ4n) is 3.68. The zero-order valence-corrected chi connectivity index (χ0v) is 12.0. The summed E-state index contributed by atoms with van der Waals surface area (Å²) in [5.74, 6) is 0. The van der Waals surface area contributed by atoms with E-state index in [-0.39, 0.29) is 5.60 Å². The molecule has 110 valence electrons. The van der Waals surface area contributed by atoms with Gasteiger partial charge in [-0.3, -0.25) is 0 Å². The standard InChI is InChI=1S/C15H28N2O2/c1-2-9-17(8-1)10-3-11-18-14-12-15(19-13-14)4-6-16-7-5-15/h14,16H,1-13H2. The summed E-state index contributed by atoms with van der Waals surface area (Å²) in [6, 6.07) is 0. The van der Waals surface area contributed by atoms with Gasteiger partial charge in [0.1, 0.15) is 0 Å². The highest BCUT2D eigenvalue weighted by molar-refractivity contribution is 4.93. The number of nitrogens with zero attached hydrogens (tertiary/aromatic N) is 1. The van der Waals surface area contributed by atoms with Crippen LogP contribution in [0.1, 0.15) is 38.5 Å². The lowest BCUT2D eigenvalue weighted by molar-refractivity contribution is -0.0234. The molecule has 3 aliphatic heterocycles. The Hall–Kier alpha value is -0.160. The molecule has 3 fully saturated rings. The molecule has 0 aliphatic carbocycles. The third kappa shape index (κ3) is 3.69.